The van der Waals surface area contributed by atoms with Crippen molar-refractivity contribution in [2.45, 2.75) is 17.5 Å². The first-order valence-electron chi connectivity index (χ1n) is 6.69. The standard InChI is InChI=1S/C14H13ClN6OS/c1-2-5-21-13(16)19-20-14(21)23-7-11-17-10-4-3-8(15)6-9(10)12(22)18-11/h2-4,6H,1,5,7H2,(H2,16,19)(H,17,18,22). The predicted molar refractivity (Wildman–Crippen MR) is 91.6 cm³/mol. The minimum Gasteiger partial charge on any atom is -0.368 e. The van der Waals surface area contributed by atoms with Crippen molar-refractivity contribution >= 4 is 40.2 Å². The molecule has 2 aromatic heterocycles. The number of fused-ring (bicyclic) bond motifs is 1. The first-order chi connectivity index (χ1) is 11.1. The van der Waals surface area contributed by atoms with Gasteiger partial charge in [-0.25, -0.2) is 4.98 Å². The summed E-state index contributed by atoms with van der Waals surface area (Å²) in [6.07, 6.45) is 1.71. The van der Waals surface area contributed by atoms with Gasteiger partial charge < -0.3 is 10.7 Å². The Kier molecular flexibility index (Phi) is 4.35. The summed E-state index contributed by atoms with van der Waals surface area (Å²) in [5, 5.41) is 9.45. The van der Waals surface area contributed by atoms with Crippen molar-refractivity contribution in [2.75, 3.05) is 5.73 Å². The van der Waals surface area contributed by atoms with Crippen LogP contribution in [0.1, 0.15) is 5.82 Å². The second-order valence-electron chi connectivity index (χ2n) is 4.70. The SMILES string of the molecule is C=CCn1c(N)nnc1SCc1nc2ccc(Cl)cc2c(=O)[nH]1. The van der Waals surface area contributed by atoms with Crippen LogP contribution < -0.4 is 11.3 Å². The molecule has 2 heterocycles. The summed E-state index contributed by atoms with van der Waals surface area (Å²) >= 11 is 7.28. The zero-order chi connectivity index (χ0) is 16.4. The second kappa shape index (κ2) is 6.43. The minimum atomic E-state index is -0.222. The lowest BCUT2D eigenvalue weighted by molar-refractivity contribution is 0.733. The number of hydrogen-bond donors (Lipinski definition) is 2. The molecule has 3 N–H and O–H groups in total. The number of halogens is 1. The highest BCUT2D eigenvalue weighted by Crippen LogP contribution is 2.22. The normalized spacial score (nSPS) is 11.0. The van der Waals surface area contributed by atoms with Gasteiger partial charge in [0, 0.05) is 11.6 Å². The topological polar surface area (TPSA) is 102 Å². The van der Waals surface area contributed by atoms with Crippen molar-refractivity contribution in [2.24, 2.45) is 0 Å². The zero-order valence-corrected chi connectivity index (χ0v) is 13.6. The molecule has 0 saturated carbocycles. The van der Waals surface area contributed by atoms with Gasteiger partial charge in [0.2, 0.25) is 5.95 Å². The highest BCUT2D eigenvalue weighted by atomic mass is 35.5. The van der Waals surface area contributed by atoms with Gasteiger partial charge >= 0.3 is 0 Å². The monoisotopic (exact) mass is 348 g/mol. The number of hydrogen-bond acceptors (Lipinski definition) is 6. The maximum absolute atomic E-state index is 12.1. The summed E-state index contributed by atoms with van der Waals surface area (Å²) in [5.41, 5.74) is 6.13. The lowest BCUT2D eigenvalue weighted by Crippen LogP contribution is -2.11. The molecule has 0 fully saturated rings. The summed E-state index contributed by atoms with van der Waals surface area (Å²) in [5.74, 6) is 1.30. The molecule has 0 spiro atoms. The molecule has 3 aromatic rings. The van der Waals surface area contributed by atoms with E-state index in [4.69, 9.17) is 17.3 Å². The molecule has 0 aliphatic heterocycles. The largest absolute Gasteiger partial charge is 0.368 e. The Labute approximate surface area is 140 Å². The molecule has 0 bridgehead atoms. The summed E-state index contributed by atoms with van der Waals surface area (Å²) < 4.78 is 1.73. The lowest BCUT2D eigenvalue weighted by atomic mass is 10.2. The molecule has 23 heavy (non-hydrogen) atoms. The van der Waals surface area contributed by atoms with Gasteiger partial charge in [0.15, 0.2) is 5.16 Å². The van der Waals surface area contributed by atoms with E-state index in [1.165, 1.54) is 11.8 Å². The number of H-pyrrole nitrogens is 1. The van der Waals surface area contributed by atoms with Gasteiger partial charge in [-0.2, -0.15) is 0 Å². The summed E-state index contributed by atoms with van der Waals surface area (Å²) in [6, 6.07) is 5.02. The Bertz CT molecular complexity index is 935. The molecular formula is C14H13ClN6OS. The van der Waals surface area contributed by atoms with Crippen molar-refractivity contribution in [1.82, 2.24) is 24.7 Å². The number of benzene rings is 1. The van der Waals surface area contributed by atoms with Crippen LogP contribution in [-0.2, 0) is 12.3 Å². The Balaban J connectivity index is 1.86. The number of nitrogens with zero attached hydrogens (tertiary/aromatic N) is 4. The molecule has 0 unspecified atom stereocenters. The zero-order valence-electron chi connectivity index (χ0n) is 12.0. The van der Waals surface area contributed by atoms with Gasteiger partial charge in [-0.3, -0.25) is 9.36 Å². The van der Waals surface area contributed by atoms with E-state index < -0.39 is 0 Å². The summed E-state index contributed by atoms with van der Waals surface area (Å²) in [6.45, 7) is 4.19. The first kappa shape index (κ1) is 15.6. The van der Waals surface area contributed by atoms with E-state index in [2.05, 4.69) is 26.7 Å². The van der Waals surface area contributed by atoms with E-state index in [-0.39, 0.29) is 5.56 Å². The molecule has 1 aromatic carbocycles. The van der Waals surface area contributed by atoms with Crippen molar-refractivity contribution in [3.63, 3.8) is 0 Å². The number of nitrogens with two attached hydrogens (primary N) is 1. The predicted octanol–water partition coefficient (Wildman–Crippen LogP) is 2.23. The van der Waals surface area contributed by atoms with Crippen LogP contribution in [0, 0.1) is 0 Å². The molecule has 9 heteroatoms. The fourth-order valence-electron chi connectivity index (χ4n) is 2.07. The maximum atomic E-state index is 12.1. The highest BCUT2D eigenvalue weighted by Gasteiger charge is 2.11. The second-order valence-corrected chi connectivity index (χ2v) is 6.08. The Morgan fingerprint density at radius 3 is 3.04 bits per heavy atom. The Hall–Kier alpha value is -2.32. The highest BCUT2D eigenvalue weighted by molar-refractivity contribution is 7.98. The van der Waals surface area contributed by atoms with Gasteiger partial charge in [0.1, 0.15) is 5.82 Å². The number of anilines is 1. The van der Waals surface area contributed by atoms with Crippen LogP contribution in [0.15, 0.2) is 40.8 Å². The fourth-order valence-corrected chi connectivity index (χ4v) is 3.07. The fraction of sp³-hybridized carbons (Fsp3) is 0.143. The molecule has 0 aliphatic carbocycles. The van der Waals surface area contributed by atoms with Crippen LogP contribution >= 0.6 is 23.4 Å². The van der Waals surface area contributed by atoms with Gasteiger partial charge in [0.25, 0.3) is 5.56 Å². The van der Waals surface area contributed by atoms with Crippen molar-refractivity contribution in [3.8, 4) is 0 Å². The van der Waals surface area contributed by atoms with Gasteiger partial charge in [-0.05, 0) is 18.2 Å². The van der Waals surface area contributed by atoms with E-state index in [1.54, 1.807) is 28.8 Å². The molecular weight excluding hydrogens is 336 g/mol. The van der Waals surface area contributed by atoms with Crippen molar-refractivity contribution in [1.29, 1.82) is 0 Å². The first-order valence-corrected chi connectivity index (χ1v) is 8.05. The molecule has 3 rings (SSSR count). The van der Waals surface area contributed by atoms with E-state index in [1.807, 2.05) is 0 Å². The number of allylic oxidation sites excluding steroid dienone is 1. The van der Waals surface area contributed by atoms with Crippen molar-refractivity contribution < 1.29 is 0 Å². The average molecular weight is 349 g/mol. The van der Waals surface area contributed by atoms with Crippen LogP contribution in [0.4, 0.5) is 5.95 Å². The van der Waals surface area contributed by atoms with Crippen molar-refractivity contribution in [3.05, 3.63) is 52.1 Å². The molecule has 7 nitrogen and oxygen atoms in total. The van der Waals surface area contributed by atoms with Gasteiger partial charge in [0.05, 0.1) is 16.7 Å². The van der Waals surface area contributed by atoms with E-state index in [9.17, 15) is 4.79 Å². The van der Waals surface area contributed by atoms with Crippen LogP contribution in [0.3, 0.4) is 0 Å². The van der Waals surface area contributed by atoms with E-state index in [0.29, 0.717) is 45.2 Å². The quantitative estimate of drug-likeness (QED) is 0.541. The van der Waals surface area contributed by atoms with Crippen LogP contribution in [0.5, 0.6) is 0 Å². The lowest BCUT2D eigenvalue weighted by Gasteiger charge is -2.05. The molecule has 0 amide bonds. The molecule has 0 aliphatic rings. The Morgan fingerprint density at radius 2 is 2.26 bits per heavy atom. The Morgan fingerprint density at radius 1 is 1.43 bits per heavy atom. The third kappa shape index (κ3) is 3.22. The third-order valence-corrected chi connectivity index (χ3v) is 4.32. The molecule has 118 valence electrons. The number of thioether (sulfide) groups is 1. The van der Waals surface area contributed by atoms with Crippen LogP contribution in [-0.4, -0.2) is 24.7 Å². The average Bonchev–Trinajstić information content (AvgIpc) is 2.87. The number of nitrogens with one attached hydrogen (secondary N) is 1. The number of nitrogen functional groups attached to an aromatic ring is 1. The van der Waals surface area contributed by atoms with Gasteiger partial charge in [-0.1, -0.05) is 29.4 Å². The number of aromatic nitrogens is 5. The maximum Gasteiger partial charge on any atom is 0.258 e. The van der Waals surface area contributed by atoms with Crippen LogP contribution in [0.25, 0.3) is 10.9 Å². The third-order valence-electron chi connectivity index (χ3n) is 3.11. The molecule has 0 saturated heterocycles. The minimum absolute atomic E-state index is 0.222. The van der Waals surface area contributed by atoms with Crippen LogP contribution in [0.2, 0.25) is 5.02 Å². The van der Waals surface area contributed by atoms with Gasteiger partial charge in [-0.15, -0.1) is 16.8 Å². The number of aromatic amines is 1. The van der Waals surface area contributed by atoms with E-state index >= 15 is 0 Å². The number of rotatable bonds is 5. The van der Waals surface area contributed by atoms with E-state index in [0.717, 1.165) is 0 Å². The summed E-state index contributed by atoms with van der Waals surface area (Å²) in [4.78, 5) is 19.3. The summed E-state index contributed by atoms with van der Waals surface area (Å²) in [7, 11) is 0. The smallest absolute Gasteiger partial charge is 0.258 e. The molecule has 0 radical (unpaired) electrons. The molecule has 0 atom stereocenters.